The number of allylic oxidation sites excluding steroid dienone is 1. The number of rotatable bonds is 7. The summed E-state index contributed by atoms with van der Waals surface area (Å²) in [6.45, 7) is 8.11. The monoisotopic (exact) mass is 596 g/mol. The maximum atomic E-state index is 14.5. The van der Waals surface area contributed by atoms with Crippen molar-refractivity contribution in [3.05, 3.63) is 70.0 Å². The van der Waals surface area contributed by atoms with Crippen LogP contribution in [0, 0.1) is 35.0 Å². The number of Topliss-reactive ketones (excluding diaryl/α,β-unsaturated/α-hetero) is 3. The lowest BCUT2D eigenvalue weighted by Gasteiger charge is -2.59. The average Bonchev–Trinajstić information content (AvgIpc) is 2.93. The van der Waals surface area contributed by atoms with E-state index in [4.69, 9.17) is 6.42 Å². The van der Waals surface area contributed by atoms with E-state index in [1.165, 1.54) is 11.6 Å². The molecule has 7 heteroatoms. The Labute approximate surface area is 258 Å². The van der Waals surface area contributed by atoms with Crippen LogP contribution in [0.5, 0.6) is 5.75 Å². The van der Waals surface area contributed by atoms with Crippen molar-refractivity contribution in [3.63, 3.8) is 0 Å². The molecule has 0 saturated heterocycles. The summed E-state index contributed by atoms with van der Waals surface area (Å²) in [6, 6.07) is 11.3. The van der Waals surface area contributed by atoms with E-state index in [2.05, 4.69) is 5.92 Å². The second-order valence-electron chi connectivity index (χ2n) is 13.6. The molecule has 0 spiro atoms. The van der Waals surface area contributed by atoms with Gasteiger partial charge in [0.2, 0.25) is 5.78 Å². The number of ketones is 3. The highest BCUT2D eigenvalue weighted by Gasteiger charge is 2.72. The number of aryl methyl sites for hydroxylation is 1. The first-order valence-corrected chi connectivity index (χ1v) is 15.2. The number of aliphatic hydroxyl groups excluding tert-OH is 2. The van der Waals surface area contributed by atoms with Gasteiger partial charge in [0.1, 0.15) is 22.8 Å². The molecule has 44 heavy (non-hydrogen) atoms. The van der Waals surface area contributed by atoms with Crippen molar-refractivity contribution >= 4 is 23.1 Å². The maximum Gasteiger partial charge on any atom is 0.203 e. The molecule has 4 N–H and O–H groups in total. The van der Waals surface area contributed by atoms with Gasteiger partial charge in [-0.15, -0.1) is 12.3 Å². The first-order chi connectivity index (χ1) is 20.6. The quantitative estimate of drug-likeness (QED) is 0.170. The molecule has 7 nitrogen and oxygen atoms in total. The number of hydrogen-bond donors (Lipinski definition) is 4. The number of unbranched alkanes of at least 4 members (excludes halogenated alkanes) is 2. The molecule has 1 saturated carbocycles. The number of terminal acetylenes is 1. The van der Waals surface area contributed by atoms with E-state index in [-0.39, 0.29) is 35.6 Å². The van der Waals surface area contributed by atoms with Crippen molar-refractivity contribution in [3.8, 4) is 29.2 Å². The van der Waals surface area contributed by atoms with Crippen LogP contribution in [0.2, 0.25) is 0 Å². The summed E-state index contributed by atoms with van der Waals surface area (Å²) in [4.78, 5) is 40.7. The molecular weight excluding hydrogens is 556 g/mol. The normalized spacial score (nSPS) is 28.0. The largest absolute Gasteiger partial charge is 0.508 e. The van der Waals surface area contributed by atoms with Crippen LogP contribution in [-0.2, 0) is 27.2 Å². The molecule has 2 aromatic rings. The minimum absolute atomic E-state index is 0.0522. The molecule has 0 bridgehead atoms. The lowest BCUT2D eigenvalue weighted by molar-refractivity contribution is -0.178. The summed E-state index contributed by atoms with van der Waals surface area (Å²) in [5.74, 6) is -2.65. The van der Waals surface area contributed by atoms with Crippen LogP contribution in [-0.4, -0.2) is 43.4 Å². The van der Waals surface area contributed by atoms with E-state index in [1.54, 1.807) is 33.8 Å². The predicted molar refractivity (Wildman–Crippen MR) is 168 cm³/mol. The van der Waals surface area contributed by atoms with Gasteiger partial charge in [0.25, 0.3) is 0 Å². The third-order valence-corrected chi connectivity index (χ3v) is 10.2. The minimum Gasteiger partial charge on any atom is -0.508 e. The molecule has 2 aromatic carbocycles. The Bertz CT molecular complexity index is 1690. The number of carbonyl (C=O) groups excluding carboxylic acids is 3. The van der Waals surface area contributed by atoms with Gasteiger partial charge in [-0.1, -0.05) is 58.0 Å². The standard InChI is InChI=1S/C37H40O7/c1-7-8-9-10-11-22-12-14-23(15-13-22)24-16-17-26(39)28-25(24)18-35(5)19-36(6)29(20(2)3)31(40)27(21(4)38)33(42)37(36,44)34(43)30(35)32(28)41/h1,12-17,20,29,39,41-42,44H,8-11,18-19H2,2-6H3/t29?,35-,36-,37+/m1/s1. The summed E-state index contributed by atoms with van der Waals surface area (Å²) >= 11 is 0. The average molecular weight is 597 g/mol. The number of hydrogen-bond acceptors (Lipinski definition) is 7. The van der Waals surface area contributed by atoms with Crippen molar-refractivity contribution in [2.24, 2.45) is 22.7 Å². The second-order valence-corrected chi connectivity index (χ2v) is 13.6. The molecule has 1 fully saturated rings. The van der Waals surface area contributed by atoms with Crippen LogP contribution in [0.4, 0.5) is 0 Å². The van der Waals surface area contributed by atoms with Crippen molar-refractivity contribution in [2.45, 2.75) is 78.7 Å². The Kier molecular flexibility index (Phi) is 7.66. The topological polar surface area (TPSA) is 132 Å². The van der Waals surface area contributed by atoms with Gasteiger partial charge in [-0.2, -0.15) is 0 Å². The van der Waals surface area contributed by atoms with E-state index in [1.807, 2.05) is 24.3 Å². The zero-order valence-corrected chi connectivity index (χ0v) is 26.0. The van der Waals surface area contributed by atoms with E-state index in [0.717, 1.165) is 43.7 Å². The van der Waals surface area contributed by atoms with Gasteiger partial charge < -0.3 is 20.4 Å². The summed E-state index contributed by atoms with van der Waals surface area (Å²) in [6.07, 6.45) is 9.21. The highest BCUT2D eigenvalue weighted by atomic mass is 16.3. The number of phenolic OH excluding ortho intramolecular Hbond substituents is 1. The number of benzene rings is 2. The van der Waals surface area contributed by atoms with Gasteiger partial charge in [-0.3, -0.25) is 14.4 Å². The highest BCUT2D eigenvalue weighted by molar-refractivity contribution is 6.24. The third-order valence-electron chi connectivity index (χ3n) is 10.2. The van der Waals surface area contributed by atoms with E-state index < -0.39 is 56.8 Å². The number of fused-ring (bicyclic) bond motifs is 3. The van der Waals surface area contributed by atoms with Crippen LogP contribution in [0.3, 0.4) is 0 Å². The summed E-state index contributed by atoms with van der Waals surface area (Å²) in [5, 5.41) is 46.2. The predicted octanol–water partition coefficient (Wildman–Crippen LogP) is 6.20. The summed E-state index contributed by atoms with van der Waals surface area (Å²) in [7, 11) is 0. The summed E-state index contributed by atoms with van der Waals surface area (Å²) < 4.78 is 0. The van der Waals surface area contributed by atoms with E-state index >= 15 is 0 Å². The molecule has 0 radical (unpaired) electrons. The zero-order chi connectivity index (χ0) is 32.4. The van der Waals surface area contributed by atoms with Crippen molar-refractivity contribution < 1.29 is 34.8 Å². The van der Waals surface area contributed by atoms with Crippen molar-refractivity contribution in [1.29, 1.82) is 0 Å². The van der Waals surface area contributed by atoms with Crippen molar-refractivity contribution in [1.82, 2.24) is 0 Å². The lowest BCUT2D eigenvalue weighted by Crippen LogP contribution is -2.69. The Hall–Kier alpha value is -4.15. The van der Waals surface area contributed by atoms with Crippen LogP contribution in [0.1, 0.15) is 77.0 Å². The number of aromatic hydroxyl groups is 1. The first-order valence-electron chi connectivity index (χ1n) is 15.2. The van der Waals surface area contributed by atoms with Crippen LogP contribution in [0.25, 0.3) is 16.9 Å². The minimum atomic E-state index is -2.62. The van der Waals surface area contributed by atoms with Gasteiger partial charge in [-0.05, 0) is 73.3 Å². The Morgan fingerprint density at radius 1 is 1.05 bits per heavy atom. The molecule has 0 amide bonds. The molecule has 3 aliphatic carbocycles. The van der Waals surface area contributed by atoms with Crippen LogP contribution < -0.4 is 0 Å². The number of phenols is 1. The van der Waals surface area contributed by atoms with Crippen molar-refractivity contribution in [2.75, 3.05) is 0 Å². The molecule has 0 aromatic heterocycles. The third kappa shape index (κ3) is 4.34. The van der Waals surface area contributed by atoms with E-state index in [0.29, 0.717) is 5.56 Å². The van der Waals surface area contributed by atoms with Gasteiger partial charge in [-0.25, -0.2) is 0 Å². The highest BCUT2D eigenvalue weighted by Crippen LogP contribution is 2.65. The van der Waals surface area contributed by atoms with Gasteiger partial charge >= 0.3 is 0 Å². The molecule has 5 rings (SSSR count). The molecule has 0 aliphatic heterocycles. The Balaban J connectivity index is 1.67. The molecule has 230 valence electrons. The number of aliphatic hydroxyl groups is 3. The first kappa shape index (κ1) is 31.3. The Morgan fingerprint density at radius 2 is 1.70 bits per heavy atom. The zero-order valence-electron chi connectivity index (χ0n) is 26.0. The van der Waals surface area contributed by atoms with E-state index in [9.17, 15) is 34.8 Å². The Morgan fingerprint density at radius 3 is 2.30 bits per heavy atom. The van der Waals surface area contributed by atoms with Crippen LogP contribution in [0.15, 0.2) is 53.3 Å². The summed E-state index contributed by atoms with van der Waals surface area (Å²) in [5.41, 5.74) is -2.35. The second kappa shape index (κ2) is 10.8. The fraction of sp³-hybridized carbons (Fsp3) is 0.432. The molecular formula is C37H40O7. The maximum absolute atomic E-state index is 14.5. The van der Waals surface area contributed by atoms with Gasteiger partial charge in [0.05, 0.1) is 5.56 Å². The fourth-order valence-electron chi connectivity index (χ4n) is 8.40. The lowest BCUT2D eigenvalue weighted by atomic mass is 9.43. The molecule has 0 heterocycles. The smallest absolute Gasteiger partial charge is 0.203 e. The molecule has 3 aliphatic rings. The molecule has 1 unspecified atom stereocenters. The fourth-order valence-corrected chi connectivity index (χ4v) is 8.40. The SMILES string of the molecule is C#CCCCCc1ccc(-c2ccc(O)c3c2C[C@]2(C)C[C@]4(C)C(C(C)C)C(=O)C(C(C)=O)=C(O)[C@]4(O)C(=O)C2=C3O)cc1. The number of carbonyl (C=O) groups is 3. The van der Waals surface area contributed by atoms with Gasteiger partial charge in [0.15, 0.2) is 17.2 Å². The van der Waals surface area contributed by atoms with Crippen LogP contribution >= 0.6 is 0 Å². The van der Waals surface area contributed by atoms with Gasteiger partial charge in [0, 0.05) is 28.7 Å². The molecule has 4 atom stereocenters.